The van der Waals surface area contributed by atoms with Gasteiger partial charge >= 0.3 is 0 Å². The molecule has 0 spiro atoms. The minimum Gasteiger partial charge on any atom is -0.493 e. The molecule has 1 aromatic heterocycles. The van der Waals surface area contributed by atoms with Gasteiger partial charge in [0.2, 0.25) is 5.91 Å². The average Bonchev–Trinajstić information content (AvgIpc) is 2.85. The standard InChI is InChI=1S/C25H24ClN3O4/c1-28(17-9-7-16(26)8-10-17)25(31)22-18-12-20(32-3)21(33-4)13-19(18)24(30)29(2)23(22)15-6-5-11-27-14-15/h5-14,22-23H,1-4H3. The van der Waals surface area contributed by atoms with E-state index in [0.717, 1.165) is 5.56 Å². The fourth-order valence-corrected chi connectivity index (χ4v) is 4.41. The number of nitrogens with zero attached hydrogens (tertiary/aromatic N) is 3. The van der Waals surface area contributed by atoms with Gasteiger partial charge in [0.1, 0.15) is 0 Å². The monoisotopic (exact) mass is 465 g/mol. The SMILES string of the molecule is COc1cc2c(cc1OC)C(C(=O)N(C)c1ccc(Cl)cc1)C(c1cccnc1)N(C)C2=O. The van der Waals surface area contributed by atoms with Crippen molar-refractivity contribution in [2.45, 2.75) is 12.0 Å². The second-order valence-corrected chi connectivity index (χ2v) is 8.23. The number of pyridine rings is 1. The summed E-state index contributed by atoms with van der Waals surface area (Å²) in [6.07, 6.45) is 3.34. The van der Waals surface area contributed by atoms with Crippen LogP contribution in [0.25, 0.3) is 0 Å². The largest absolute Gasteiger partial charge is 0.493 e. The van der Waals surface area contributed by atoms with E-state index in [1.807, 2.05) is 6.07 Å². The number of rotatable bonds is 5. The first-order chi connectivity index (χ1) is 15.9. The number of aromatic nitrogens is 1. The van der Waals surface area contributed by atoms with E-state index in [-0.39, 0.29) is 11.8 Å². The highest BCUT2D eigenvalue weighted by Gasteiger charge is 2.44. The second kappa shape index (κ2) is 9.11. The number of amides is 2. The predicted molar refractivity (Wildman–Crippen MR) is 126 cm³/mol. The molecule has 1 aliphatic heterocycles. The Labute approximate surface area is 197 Å². The molecule has 0 aliphatic carbocycles. The molecule has 0 saturated heterocycles. The molecule has 2 atom stereocenters. The van der Waals surface area contributed by atoms with Gasteiger partial charge in [-0.15, -0.1) is 0 Å². The number of methoxy groups -OCH3 is 2. The van der Waals surface area contributed by atoms with Crippen molar-refractivity contribution in [3.05, 3.63) is 82.6 Å². The van der Waals surface area contributed by atoms with E-state index in [1.54, 1.807) is 78.8 Å². The van der Waals surface area contributed by atoms with Crippen LogP contribution in [0.5, 0.6) is 11.5 Å². The summed E-state index contributed by atoms with van der Waals surface area (Å²) >= 11 is 6.03. The molecule has 0 saturated carbocycles. The first-order valence-corrected chi connectivity index (χ1v) is 10.7. The summed E-state index contributed by atoms with van der Waals surface area (Å²) in [5, 5.41) is 0.581. The molecule has 0 fully saturated rings. The lowest BCUT2D eigenvalue weighted by Gasteiger charge is -2.41. The molecule has 7 nitrogen and oxygen atoms in total. The fraction of sp³-hybridized carbons (Fsp3) is 0.240. The van der Waals surface area contributed by atoms with Crippen LogP contribution >= 0.6 is 11.6 Å². The lowest BCUT2D eigenvalue weighted by Crippen LogP contribution is -2.46. The smallest absolute Gasteiger partial charge is 0.254 e. The third kappa shape index (κ3) is 4.00. The molecular weight excluding hydrogens is 442 g/mol. The highest BCUT2D eigenvalue weighted by molar-refractivity contribution is 6.30. The van der Waals surface area contributed by atoms with Crippen molar-refractivity contribution < 1.29 is 19.1 Å². The van der Waals surface area contributed by atoms with E-state index in [9.17, 15) is 9.59 Å². The van der Waals surface area contributed by atoms with Crippen molar-refractivity contribution in [1.82, 2.24) is 9.88 Å². The molecule has 4 rings (SSSR count). The Morgan fingerprint density at radius 3 is 2.36 bits per heavy atom. The molecular formula is C25H24ClN3O4. The Kier molecular flexibility index (Phi) is 6.24. The summed E-state index contributed by atoms with van der Waals surface area (Å²) in [4.78, 5) is 34.8. The van der Waals surface area contributed by atoms with E-state index in [0.29, 0.717) is 33.3 Å². The van der Waals surface area contributed by atoms with Crippen molar-refractivity contribution in [3.63, 3.8) is 0 Å². The van der Waals surface area contributed by atoms with Gasteiger partial charge in [0, 0.05) is 42.8 Å². The van der Waals surface area contributed by atoms with Crippen molar-refractivity contribution in [2.24, 2.45) is 0 Å². The first-order valence-electron chi connectivity index (χ1n) is 10.3. The van der Waals surface area contributed by atoms with E-state index in [2.05, 4.69) is 4.98 Å². The molecule has 0 bridgehead atoms. The predicted octanol–water partition coefficient (Wildman–Crippen LogP) is 4.33. The molecule has 2 unspecified atom stereocenters. The normalized spacial score (nSPS) is 17.4. The second-order valence-electron chi connectivity index (χ2n) is 7.79. The summed E-state index contributed by atoms with van der Waals surface area (Å²) in [7, 11) is 6.44. The van der Waals surface area contributed by atoms with Crippen LogP contribution < -0.4 is 14.4 Å². The van der Waals surface area contributed by atoms with Gasteiger partial charge < -0.3 is 19.3 Å². The van der Waals surface area contributed by atoms with Gasteiger partial charge in [-0.1, -0.05) is 17.7 Å². The molecule has 0 N–H and O–H groups in total. The summed E-state index contributed by atoms with van der Waals surface area (Å²) in [5.74, 6) is -0.218. The maximum atomic E-state index is 14.0. The molecule has 2 heterocycles. The van der Waals surface area contributed by atoms with E-state index in [4.69, 9.17) is 21.1 Å². The van der Waals surface area contributed by atoms with Crippen LogP contribution in [0, 0.1) is 0 Å². The molecule has 3 aromatic rings. The number of hydrogen-bond acceptors (Lipinski definition) is 5. The number of ether oxygens (including phenoxy) is 2. The molecule has 8 heteroatoms. The molecule has 33 heavy (non-hydrogen) atoms. The van der Waals surface area contributed by atoms with Crippen molar-refractivity contribution in [1.29, 1.82) is 0 Å². The van der Waals surface area contributed by atoms with E-state index >= 15 is 0 Å². The molecule has 1 aliphatic rings. The van der Waals surface area contributed by atoms with Gasteiger partial charge in [-0.05, 0) is 53.6 Å². The summed E-state index contributed by atoms with van der Waals surface area (Å²) in [5.41, 5.74) is 2.43. The zero-order valence-electron chi connectivity index (χ0n) is 18.8. The summed E-state index contributed by atoms with van der Waals surface area (Å²) in [6.45, 7) is 0. The summed E-state index contributed by atoms with van der Waals surface area (Å²) in [6, 6.07) is 13.5. The Hall–Kier alpha value is -3.58. The van der Waals surface area contributed by atoms with Crippen molar-refractivity contribution in [3.8, 4) is 11.5 Å². The van der Waals surface area contributed by atoms with Crippen LogP contribution in [0.15, 0.2) is 60.9 Å². The number of fused-ring (bicyclic) bond motifs is 1. The highest BCUT2D eigenvalue weighted by atomic mass is 35.5. The van der Waals surface area contributed by atoms with Gasteiger partial charge in [0.25, 0.3) is 5.91 Å². The fourth-order valence-electron chi connectivity index (χ4n) is 4.28. The lowest BCUT2D eigenvalue weighted by atomic mass is 9.79. The minimum atomic E-state index is -0.701. The Morgan fingerprint density at radius 1 is 1.09 bits per heavy atom. The van der Waals surface area contributed by atoms with Gasteiger partial charge in [-0.3, -0.25) is 14.6 Å². The van der Waals surface area contributed by atoms with Crippen LogP contribution in [0.1, 0.15) is 33.4 Å². The van der Waals surface area contributed by atoms with Crippen molar-refractivity contribution >= 4 is 29.1 Å². The van der Waals surface area contributed by atoms with E-state index < -0.39 is 12.0 Å². The highest BCUT2D eigenvalue weighted by Crippen LogP contribution is 2.46. The Bertz CT molecular complexity index is 1180. The summed E-state index contributed by atoms with van der Waals surface area (Å²) < 4.78 is 10.9. The van der Waals surface area contributed by atoms with Crippen LogP contribution in [-0.2, 0) is 4.79 Å². The quantitative estimate of drug-likeness (QED) is 0.561. The maximum absolute atomic E-state index is 14.0. The number of carbonyl (C=O) groups is 2. The Balaban J connectivity index is 1.91. The number of likely N-dealkylation sites (N-methyl/N-ethyl adjacent to an activating group) is 2. The minimum absolute atomic E-state index is 0.181. The number of anilines is 1. The van der Waals surface area contributed by atoms with Gasteiger partial charge in [0.15, 0.2) is 11.5 Å². The number of hydrogen-bond donors (Lipinski definition) is 0. The van der Waals surface area contributed by atoms with Crippen LogP contribution in [0.3, 0.4) is 0 Å². The van der Waals surface area contributed by atoms with Gasteiger partial charge in [0.05, 0.1) is 26.2 Å². The Morgan fingerprint density at radius 2 is 1.76 bits per heavy atom. The topological polar surface area (TPSA) is 72.0 Å². The molecule has 2 amide bonds. The van der Waals surface area contributed by atoms with Crippen LogP contribution in [0.2, 0.25) is 5.02 Å². The van der Waals surface area contributed by atoms with Crippen LogP contribution in [-0.4, -0.2) is 50.0 Å². The van der Waals surface area contributed by atoms with Gasteiger partial charge in [-0.2, -0.15) is 0 Å². The number of carbonyl (C=O) groups excluding carboxylic acids is 2. The van der Waals surface area contributed by atoms with Crippen molar-refractivity contribution in [2.75, 3.05) is 33.2 Å². The molecule has 0 radical (unpaired) electrons. The number of benzene rings is 2. The third-order valence-corrected chi connectivity index (χ3v) is 6.26. The van der Waals surface area contributed by atoms with Crippen LogP contribution in [0.4, 0.5) is 5.69 Å². The first kappa shape index (κ1) is 22.6. The van der Waals surface area contributed by atoms with E-state index in [1.165, 1.54) is 14.2 Å². The third-order valence-electron chi connectivity index (χ3n) is 6.01. The lowest BCUT2D eigenvalue weighted by molar-refractivity contribution is -0.121. The maximum Gasteiger partial charge on any atom is 0.254 e. The molecule has 170 valence electrons. The molecule has 2 aromatic carbocycles. The van der Waals surface area contributed by atoms with Gasteiger partial charge in [-0.25, -0.2) is 0 Å². The zero-order chi connectivity index (χ0) is 23.7. The average molecular weight is 466 g/mol. The number of halogens is 1. The zero-order valence-corrected chi connectivity index (χ0v) is 19.5.